The second kappa shape index (κ2) is 6.75. The second-order valence-electron chi connectivity index (χ2n) is 7.26. The van der Waals surface area contributed by atoms with Gasteiger partial charge in [0.15, 0.2) is 9.84 Å². The van der Waals surface area contributed by atoms with Gasteiger partial charge < -0.3 is 10.6 Å². The summed E-state index contributed by atoms with van der Waals surface area (Å²) in [6, 6.07) is 9.17. The molecule has 3 rings (SSSR count). The van der Waals surface area contributed by atoms with Crippen molar-refractivity contribution in [2.75, 3.05) is 16.8 Å². The lowest BCUT2D eigenvalue weighted by molar-refractivity contribution is 0.242. The fourth-order valence-corrected chi connectivity index (χ4v) is 5.34. The number of aryl methyl sites for hydroxylation is 2. The van der Waals surface area contributed by atoms with Crippen molar-refractivity contribution in [1.82, 2.24) is 15.1 Å². The summed E-state index contributed by atoms with van der Waals surface area (Å²) in [4.78, 5) is 12.2. The Morgan fingerprint density at radius 1 is 1.27 bits per heavy atom. The lowest BCUT2D eigenvalue weighted by Crippen LogP contribution is -2.48. The smallest absolute Gasteiger partial charge is 0.319 e. The average Bonchev–Trinajstić information content (AvgIpc) is 2.98. The highest BCUT2D eigenvalue weighted by Gasteiger charge is 2.39. The van der Waals surface area contributed by atoms with Crippen molar-refractivity contribution in [3.05, 3.63) is 47.3 Å². The summed E-state index contributed by atoms with van der Waals surface area (Å²) in [5.74, 6) is 0.0970. The van der Waals surface area contributed by atoms with E-state index < -0.39 is 21.4 Å². The highest BCUT2D eigenvalue weighted by atomic mass is 32.2. The predicted octanol–water partition coefficient (Wildman–Crippen LogP) is 2.25. The molecule has 2 aromatic rings. The number of nitrogens with one attached hydrogen (secondary N) is 2. The summed E-state index contributed by atoms with van der Waals surface area (Å²) in [7, 11) is -3.06. The van der Waals surface area contributed by atoms with Gasteiger partial charge in [0.25, 0.3) is 0 Å². The Hall–Kier alpha value is -2.35. The Bertz CT molecular complexity index is 918. The minimum Gasteiger partial charge on any atom is -0.332 e. The Morgan fingerprint density at radius 2 is 1.96 bits per heavy atom. The van der Waals surface area contributed by atoms with Crippen molar-refractivity contribution in [2.45, 2.75) is 39.3 Å². The monoisotopic (exact) mass is 376 g/mol. The molecule has 1 aromatic heterocycles. The zero-order valence-corrected chi connectivity index (χ0v) is 16.1. The van der Waals surface area contributed by atoms with Crippen LogP contribution in [0.4, 0.5) is 10.5 Å². The standard InChI is InChI=1S/C18H24N4O3S/c1-13-10-14(2)22(21-13)11-15-4-6-16(7-5-15)19-17(23)20-18(3)8-9-26(24,25)12-18/h4-7,10H,8-9,11-12H2,1-3H3,(H2,19,20,23)/t18-/m0/s1. The number of sulfone groups is 1. The minimum atomic E-state index is -3.06. The fraction of sp³-hybridized carbons (Fsp3) is 0.444. The molecule has 1 fully saturated rings. The normalized spacial score (nSPS) is 21.5. The summed E-state index contributed by atoms with van der Waals surface area (Å²) < 4.78 is 25.2. The number of hydrogen-bond donors (Lipinski definition) is 2. The maximum Gasteiger partial charge on any atom is 0.319 e. The van der Waals surface area contributed by atoms with E-state index in [1.807, 2.05) is 48.9 Å². The van der Waals surface area contributed by atoms with Crippen LogP contribution in [0, 0.1) is 13.8 Å². The first-order valence-corrected chi connectivity index (χ1v) is 10.4. The van der Waals surface area contributed by atoms with Gasteiger partial charge in [-0.25, -0.2) is 13.2 Å². The van der Waals surface area contributed by atoms with Gasteiger partial charge in [-0.3, -0.25) is 4.68 Å². The topological polar surface area (TPSA) is 93.1 Å². The average molecular weight is 376 g/mol. The van der Waals surface area contributed by atoms with Gasteiger partial charge >= 0.3 is 6.03 Å². The van der Waals surface area contributed by atoms with Gasteiger partial charge in [0.2, 0.25) is 0 Å². The molecule has 0 aliphatic carbocycles. The van der Waals surface area contributed by atoms with Crippen molar-refractivity contribution in [1.29, 1.82) is 0 Å². The molecule has 140 valence electrons. The lowest BCUT2D eigenvalue weighted by atomic mass is 10.0. The van der Waals surface area contributed by atoms with Crippen LogP contribution in [-0.4, -0.2) is 41.3 Å². The number of urea groups is 1. The van der Waals surface area contributed by atoms with Crippen LogP contribution >= 0.6 is 0 Å². The first kappa shape index (κ1) is 18.4. The van der Waals surface area contributed by atoms with Crippen LogP contribution in [0.2, 0.25) is 0 Å². The summed E-state index contributed by atoms with van der Waals surface area (Å²) >= 11 is 0. The number of carbonyl (C=O) groups excluding carboxylic acids is 1. The van der Waals surface area contributed by atoms with Crippen molar-refractivity contribution in [3.8, 4) is 0 Å². The summed E-state index contributed by atoms with van der Waals surface area (Å²) in [6.07, 6.45) is 0.435. The zero-order valence-electron chi connectivity index (χ0n) is 15.2. The zero-order chi connectivity index (χ0) is 18.9. The number of amides is 2. The first-order valence-electron chi connectivity index (χ1n) is 8.54. The molecule has 1 aromatic carbocycles. The molecule has 0 saturated carbocycles. The SMILES string of the molecule is Cc1cc(C)n(Cc2ccc(NC(=O)N[C@@]3(C)CCS(=O)(=O)C3)cc2)n1. The second-order valence-corrected chi connectivity index (χ2v) is 9.45. The van der Waals surface area contributed by atoms with Gasteiger partial charge in [-0.2, -0.15) is 5.10 Å². The Balaban J connectivity index is 1.59. The number of rotatable bonds is 4. The molecule has 1 aliphatic heterocycles. The minimum absolute atomic E-state index is 0.0189. The number of carbonyl (C=O) groups is 1. The van der Waals surface area contributed by atoms with Crippen molar-refractivity contribution in [3.63, 3.8) is 0 Å². The molecular weight excluding hydrogens is 352 g/mol. The Kier molecular flexibility index (Phi) is 4.79. The van der Waals surface area contributed by atoms with Crippen LogP contribution in [0.1, 0.15) is 30.3 Å². The molecule has 0 unspecified atom stereocenters. The predicted molar refractivity (Wildman–Crippen MR) is 101 cm³/mol. The Labute approximate surface area is 153 Å². The molecule has 0 spiro atoms. The number of benzene rings is 1. The first-order chi connectivity index (χ1) is 12.1. The largest absolute Gasteiger partial charge is 0.332 e. The van der Waals surface area contributed by atoms with Crippen molar-refractivity contribution >= 4 is 21.6 Å². The van der Waals surface area contributed by atoms with Gasteiger partial charge in [-0.1, -0.05) is 12.1 Å². The van der Waals surface area contributed by atoms with Crippen LogP contribution in [0.25, 0.3) is 0 Å². The van der Waals surface area contributed by atoms with Gasteiger partial charge in [-0.15, -0.1) is 0 Å². The third-order valence-corrected chi connectivity index (χ3v) is 6.47. The third-order valence-electron chi connectivity index (χ3n) is 4.57. The molecule has 7 nitrogen and oxygen atoms in total. The van der Waals surface area contributed by atoms with E-state index in [1.165, 1.54) is 0 Å². The number of anilines is 1. The van der Waals surface area contributed by atoms with E-state index in [0.717, 1.165) is 17.0 Å². The molecule has 0 bridgehead atoms. The lowest BCUT2D eigenvalue weighted by Gasteiger charge is -2.24. The molecule has 0 radical (unpaired) electrons. The van der Waals surface area contributed by atoms with Gasteiger partial charge in [0.05, 0.1) is 29.3 Å². The van der Waals surface area contributed by atoms with E-state index in [2.05, 4.69) is 15.7 Å². The van der Waals surface area contributed by atoms with Crippen LogP contribution in [0.3, 0.4) is 0 Å². The van der Waals surface area contributed by atoms with Gasteiger partial charge in [0.1, 0.15) is 0 Å². The summed E-state index contributed by atoms with van der Waals surface area (Å²) in [5, 5.41) is 9.98. The number of hydrogen-bond acceptors (Lipinski definition) is 4. The van der Waals surface area contributed by atoms with E-state index in [0.29, 0.717) is 18.7 Å². The maximum atomic E-state index is 12.2. The van der Waals surface area contributed by atoms with Crippen molar-refractivity contribution < 1.29 is 13.2 Å². The number of nitrogens with zero attached hydrogens (tertiary/aromatic N) is 2. The highest BCUT2D eigenvalue weighted by Crippen LogP contribution is 2.23. The molecular formula is C18H24N4O3S. The molecule has 26 heavy (non-hydrogen) atoms. The Morgan fingerprint density at radius 3 is 2.50 bits per heavy atom. The van der Waals surface area contributed by atoms with E-state index in [1.54, 1.807) is 6.92 Å². The maximum absolute atomic E-state index is 12.2. The quantitative estimate of drug-likeness (QED) is 0.856. The molecule has 1 atom stereocenters. The molecule has 2 heterocycles. The van der Waals surface area contributed by atoms with Crippen LogP contribution < -0.4 is 10.6 Å². The third kappa shape index (κ3) is 4.43. The molecule has 8 heteroatoms. The van der Waals surface area contributed by atoms with E-state index in [9.17, 15) is 13.2 Å². The molecule has 2 N–H and O–H groups in total. The fourth-order valence-electron chi connectivity index (χ4n) is 3.25. The molecule has 2 amide bonds. The van der Waals surface area contributed by atoms with Gasteiger partial charge in [0, 0.05) is 11.4 Å². The van der Waals surface area contributed by atoms with Crippen LogP contribution in [-0.2, 0) is 16.4 Å². The highest BCUT2D eigenvalue weighted by molar-refractivity contribution is 7.91. The van der Waals surface area contributed by atoms with Crippen LogP contribution in [0.15, 0.2) is 30.3 Å². The molecule has 1 aliphatic rings. The van der Waals surface area contributed by atoms with E-state index in [-0.39, 0.29) is 11.5 Å². The summed E-state index contributed by atoms with van der Waals surface area (Å²) in [5.41, 5.74) is 3.11. The van der Waals surface area contributed by atoms with E-state index in [4.69, 9.17) is 0 Å². The van der Waals surface area contributed by atoms with Gasteiger partial charge in [-0.05, 0) is 51.0 Å². The van der Waals surface area contributed by atoms with E-state index >= 15 is 0 Å². The number of aromatic nitrogens is 2. The van der Waals surface area contributed by atoms with Crippen molar-refractivity contribution in [2.24, 2.45) is 0 Å². The molecule has 1 saturated heterocycles. The summed E-state index contributed by atoms with van der Waals surface area (Å²) in [6.45, 7) is 6.41. The van der Waals surface area contributed by atoms with Crippen LogP contribution in [0.5, 0.6) is 0 Å².